The van der Waals surface area contributed by atoms with E-state index in [1.807, 2.05) is 12.3 Å². The van der Waals surface area contributed by atoms with Gasteiger partial charge in [0.15, 0.2) is 0 Å². The van der Waals surface area contributed by atoms with Gasteiger partial charge < -0.3 is 11.1 Å². The molecule has 1 aromatic heterocycles. The molecule has 84 valence electrons. The average molecular weight is 207 g/mol. The fraction of sp³-hybridized carbons (Fsp3) is 0.583. The van der Waals surface area contributed by atoms with Gasteiger partial charge in [-0.3, -0.25) is 0 Å². The molecule has 0 saturated carbocycles. The summed E-state index contributed by atoms with van der Waals surface area (Å²) in [7, 11) is 0. The largest absolute Gasteiger partial charge is 0.363 e. The second-order valence-electron chi connectivity index (χ2n) is 4.03. The molecule has 1 rings (SSSR count). The Morgan fingerprint density at radius 1 is 1.40 bits per heavy atom. The first-order chi connectivity index (χ1) is 7.15. The zero-order valence-electron chi connectivity index (χ0n) is 9.88. The van der Waals surface area contributed by atoms with Crippen LogP contribution in [-0.4, -0.2) is 17.1 Å². The summed E-state index contributed by atoms with van der Waals surface area (Å²) in [6.45, 7) is 7.00. The van der Waals surface area contributed by atoms with Gasteiger partial charge in [-0.1, -0.05) is 13.8 Å². The summed E-state index contributed by atoms with van der Waals surface area (Å²) in [6.07, 6.45) is 3.84. The molecule has 0 aliphatic rings. The Balaban J connectivity index is 2.82. The van der Waals surface area contributed by atoms with Crippen LogP contribution in [0.2, 0.25) is 0 Å². The lowest BCUT2D eigenvalue weighted by molar-refractivity contribution is 0.444. The van der Waals surface area contributed by atoms with E-state index in [0.717, 1.165) is 18.7 Å². The minimum absolute atomic E-state index is 0.0131. The van der Waals surface area contributed by atoms with Crippen molar-refractivity contribution >= 4 is 5.82 Å². The summed E-state index contributed by atoms with van der Waals surface area (Å²) in [5.41, 5.74) is 7.02. The summed E-state index contributed by atoms with van der Waals surface area (Å²) in [5, 5.41) is 3.45. The van der Waals surface area contributed by atoms with Gasteiger partial charge in [0.1, 0.15) is 5.82 Å². The van der Waals surface area contributed by atoms with Crippen LogP contribution in [-0.2, 0) is 0 Å². The van der Waals surface area contributed by atoms with Gasteiger partial charge in [0, 0.05) is 12.7 Å². The molecule has 1 aromatic rings. The molecule has 0 unspecified atom stereocenters. The maximum Gasteiger partial charge on any atom is 0.126 e. The van der Waals surface area contributed by atoms with Crippen LogP contribution >= 0.6 is 0 Å². The molecular weight excluding hydrogens is 186 g/mol. The number of hydrogen-bond acceptors (Lipinski definition) is 3. The van der Waals surface area contributed by atoms with Crippen LogP contribution in [0.3, 0.4) is 0 Å². The molecule has 0 spiro atoms. The number of nitrogens with zero attached hydrogens (tertiary/aromatic N) is 1. The predicted molar refractivity (Wildman–Crippen MR) is 65.0 cm³/mol. The van der Waals surface area contributed by atoms with Gasteiger partial charge in [-0.05, 0) is 37.5 Å². The summed E-state index contributed by atoms with van der Waals surface area (Å²) in [4.78, 5) is 4.30. The monoisotopic (exact) mass is 207 g/mol. The van der Waals surface area contributed by atoms with Gasteiger partial charge in [0.25, 0.3) is 0 Å². The average Bonchev–Trinajstić information content (AvgIpc) is 2.26. The molecule has 15 heavy (non-hydrogen) atoms. The van der Waals surface area contributed by atoms with Gasteiger partial charge in [-0.15, -0.1) is 0 Å². The highest BCUT2D eigenvalue weighted by atomic mass is 15.1. The Morgan fingerprint density at radius 2 is 2.07 bits per heavy atom. The van der Waals surface area contributed by atoms with Crippen LogP contribution in [0.15, 0.2) is 18.3 Å². The van der Waals surface area contributed by atoms with E-state index >= 15 is 0 Å². The number of aryl methyl sites for hydroxylation is 1. The van der Waals surface area contributed by atoms with Gasteiger partial charge in [0.05, 0.1) is 5.54 Å². The van der Waals surface area contributed by atoms with E-state index in [2.05, 4.69) is 37.1 Å². The maximum atomic E-state index is 5.82. The van der Waals surface area contributed by atoms with E-state index in [1.165, 1.54) is 5.56 Å². The molecule has 3 N–H and O–H groups in total. The molecular formula is C12H21N3. The molecule has 0 aromatic carbocycles. The zero-order chi connectivity index (χ0) is 11.3. The van der Waals surface area contributed by atoms with Crippen LogP contribution in [0.4, 0.5) is 5.82 Å². The second-order valence-corrected chi connectivity index (χ2v) is 4.03. The van der Waals surface area contributed by atoms with Crippen molar-refractivity contribution < 1.29 is 0 Å². The minimum atomic E-state index is -0.0131. The van der Waals surface area contributed by atoms with Crippen molar-refractivity contribution in [1.29, 1.82) is 0 Å². The predicted octanol–water partition coefficient (Wildman–Crippen LogP) is 2.32. The Bertz CT molecular complexity index is 297. The van der Waals surface area contributed by atoms with E-state index in [0.29, 0.717) is 6.54 Å². The normalized spacial score (nSPS) is 11.5. The van der Waals surface area contributed by atoms with Crippen molar-refractivity contribution in [3.63, 3.8) is 0 Å². The van der Waals surface area contributed by atoms with Crippen molar-refractivity contribution in [3.8, 4) is 0 Å². The third kappa shape index (κ3) is 2.93. The summed E-state index contributed by atoms with van der Waals surface area (Å²) in [5.74, 6) is 0.921. The van der Waals surface area contributed by atoms with Gasteiger partial charge >= 0.3 is 0 Å². The molecule has 3 nitrogen and oxygen atoms in total. The van der Waals surface area contributed by atoms with Crippen molar-refractivity contribution in [1.82, 2.24) is 4.98 Å². The Hall–Kier alpha value is -1.09. The minimum Gasteiger partial charge on any atom is -0.363 e. The van der Waals surface area contributed by atoms with Crippen LogP contribution in [0.1, 0.15) is 32.3 Å². The highest BCUT2D eigenvalue weighted by Crippen LogP contribution is 2.20. The topological polar surface area (TPSA) is 50.9 Å². The Kier molecular flexibility index (Phi) is 4.09. The Labute approximate surface area is 92.1 Å². The first-order valence-electron chi connectivity index (χ1n) is 5.56. The summed E-state index contributed by atoms with van der Waals surface area (Å²) < 4.78 is 0. The van der Waals surface area contributed by atoms with Gasteiger partial charge in [-0.2, -0.15) is 0 Å². The highest BCUT2D eigenvalue weighted by molar-refractivity contribution is 5.40. The van der Waals surface area contributed by atoms with E-state index in [1.54, 1.807) is 0 Å². The molecule has 0 fully saturated rings. The molecule has 0 amide bonds. The van der Waals surface area contributed by atoms with E-state index in [4.69, 9.17) is 5.73 Å². The number of hydrogen-bond donors (Lipinski definition) is 2. The number of nitrogens with one attached hydrogen (secondary N) is 1. The maximum absolute atomic E-state index is 5.82. The summed E-state index contributed by atoms with van der Waals surface area (Å²) >= 11 is 0. The number of pyridine rings is 1. The Morgan fingerprint density at radius 3 is 2.53 bits per heavy atom. The van der Waals surface area contributed by atoms with Crippen LogP contribution < -0.4 is 11.1 Å². The summed E-state index contributed by atoms with van der Waals surface area (Å²) in [6, 6.07) is 4.04. The van der Waals surface area contributed by atoms with E-state index in [9.17, 15) is 0 Å². The SMILES string of the molecule is CCC(CC)(CN)Nc1cc(C)ccn1. The lowest BCUT2D eigenvalue weighted by Crippen LogP contribution is -2.44. The quantitative estimate of drug-likeness (QED) is 0.779. The molecule has 0 aliphatic heterocycles. The van der Waals surface area contributed by atoms with E-state index < -0.39 is 0 Å². The molecule has 0 radical (unpaired) electrons. The van der Waals surface area contributed by atoms with Crippen LogP contribution in [0.5, 0.6) is 0 Å². The fourth-order valence-electron chi connectivity index (χ4n) is 1.64. The van der Waals surface area contributed by atoms with Crippen molar-refractivity contribution in [2.24, 2.45) is 5.73 Å². The second kappa shape index (κ2) is 5.12. The highest BCUT2D eigenvalue weighted by Gasteiger charge is 2.24. The van der Waals surface area contributed by atoms with Crippen LogP contribution in [0.25, 0.3) is 0 Å². The molecule has 3 heteroatoms. The van der Waals surface area contributed by atoms with Gasteiger partial charge in [0.2, 0.25) is 0 Å². The first kappa shape index (κ1) is 12.0. The number of rotatable bonds is 5. The standard InChI is InChI=1S/C12H21N3/c1-4-12(5-2,9-13)15-11-8-10(3)6-7-14-11/h6-8H,4-5,9,13H2,1-3H3,(H,14,15). The van der Waals surface area contributed by atoms with E-state index in [-0.39, 0.29) is 5.54 Å². The zero-order valence-corrected chi connectivity index (χ0v) is 9.88. The molecule has 1 heterocycles. The lowest BCUT2D eigenvalue weighted by Gasteiger charge is -2.32. The molecule has 0 bridgehead atoms. The number of aromatic nitrogens is 1. The lowest BCUT2D eigenvalue weighted by atomic mass is 9.93. The molecule has 0 aliphatic carbocycles. The fourth-order valence-corrected chi connectivity index (χ4v) is 1.64. The first-order valence-corrected chi connectivity index (χ1v) is 5.56. The molecule has 0 atom stereocenters. The molecule has 0 saturated heterocycles. The van der Waals surface area contributed by atoms with Crippen molar-refractivity contribution in [2.75, 3.05) is 11.9 Å². The number of anilines is 1. The van der Waals surface area contributed by atoms with Crippen molar-refractivity contribution in [3.05, 3.63) is 23.9 Å². The number of nitrogens with two attached hydrogens (primary N) is 1. The van der Waals surface area contributed by atoms with Crippen LogP contribution in [0, 0.1) is 6.92 Å². The van der Waals surface area contributed by atoms with Gasteiger partial charge in [-0.25, -0.2) is 4.98 Å². The third-order valence-electron chi connectivity index (χ3n) is 3.05. The third-order valence-corrected chi connectivity index (χ3v) is 3.05. The smallest absolute Gasteiger partial charge is 0.126 e. The van der Waals surface area contributed by atoms with Crippen molar-refractivity contribution in [2.45, 2.75) is 39.2 Å².